The second-order valence-electron chi connectivity index (χ2n) is 6.51. The lowest BCUT2D eigenvalue weighted by Crippen LogP contribution is -2.45. The fraction of sp³-hybridized carbons (Fsp3) is 0.625. The summed E-state index contributed by atoms with van der Waals surface area (Å²) in [6.07, 6.45) is 7.18. The third-order valence-corrected chi connectivity index (χ3v) is 4.35. The quantitative estimate of drug-likeness (QED) is 0.838. The molecule has 17 heavy (non-hydrogen) atoms. The predicted octanol–water partition coefficient (Wildman–Crippen LogP) is 3.92. The Morgan fingerprint density at radius 1 is 1.00 bits per heavy atom. The van der Waals surface area contributed by atoms with Gasteiger partial charge >= 0.3 is 0 Å². The van der Waals surface area contributed by atoms with Gasteiger partial charge in [0.15, 0.2) is 0 Å². The Bertz CT molecular complexity index is 343. The highest BCUT2D eigenvalue weighted by Gasteiger charge is 2.34. The van der Waals surface area contributed by atoms with E-state index in [-0.39, 0.29) is 5.54 Å². The number of hydrogen-bond acceptors (Lipinski definition) is 1. The molecule has 1 aliphatic carbocycles. The fourth-order valence-corrected chi connectivity index (χ4v) is 2.71. The van der Waals surface area contributed by atoms with Gasteiger partial charge in [-0.05, 0) is 49.5 Å². The van der Waals surface area contributed by atoms with Crippen LogP contribution in [0.15, 0.2) is 30.3 Å². The Hall–Kier alpha value is -0.820. The van der Waals surface area contributed by atoms with Crippen molar-refractivity contribution in [1.29, 1.82) is 0 Å². The summed E-state index contributed by atoms with van der Waals surface area (Å²) in [5.74, 6) is 0. The summed E-state index contributed by atoms with van der Waals surface area (Å²) >= 11 is 0. The number of nitrogens with two attached hydrogens (primary N) is 1. The Kier molecular flexibility index (Phi) is 3.58. The summed E-state index contributed by atoms with van der Waals surface area (Å²) in [6.45, 7) is 4.73. The molecule has 0 bridgehead atoms. The summed E-state index contributed by atoms with van der Waals surface area (Å²) in [4.78, 5) is 0. The summed E-state index contributed by atoms with van der Waals surface area (Å²) in [5, 5.41) is 0. The van der Waals surface area contributed by atoms with Crippen LogP contribution >= 0.6 is 0 Å². The van der Waals surface area contributed by atoms with Gasteiger partial charge in [0.2, 0.25) is 0 Å². The molecule has 0 radical (unpaired) electrons. The normalized spacial score (nSPS) is 22.3. The maximum absolute atomic E-state index is 6.53. The van der Waals surface area contributed by atoms with Crippen LogP contribution in [0.1, 0.15) is 51.5 Å². The predicted molar refractivity (Wildman–Crippen MR) is 73.9 cm³/mol. The molecule has 0 aliphatic heterocycles. The summed E-state index contributed by atoms with van der Waals surface area (Å²) < 4.78 is 0. The Balaban J connectivity index is 1.87. The SMILES string of the molecule is CC1(C)CCC(N)(CCc2ccccc2)CC1. The number of hydrogen-bond donors (Lipinski definition) is 1. The average Bonchev–Trinajstić information content (AvgIpc) is 2.33. The zero-order valence-electron chi connectivity index (χ0n) is 11.2. The Labute approximate surface area is 105 Å². The first-order chi connectivity index (χ1) is 7.99. The molecule has 2 N–H and O–H groups in total. The van der Waals surface area contributed by atoms with Gasteiger partial charge in [-0.15, -0.1) is 0 Å². The molecule has 0 spiro atoms. The fourth-order valence-electron chi connectivity index (χ4n) is 2.71. The molecule has 2 rings (SSSR count). The van der Waals surface area contributed by atoms with E-state index in [9.17, 15) is 0 Å². The molecule has 1 aromatic rings. The van der Waals surface area contributed by atoms with Crippen molar-refractivity contribution in [2.45, 2.75) is 57.9 Å². The van der Waals surface area contributed by atoms with E-state index < -0.39 is 0 Å². The van der Waals surface area contributed by atoms with Crippen LogP contribution in [0.4, 0.5) is 0 Å². The van der Waals surface area contributed by atoms with Crippen molar-refractivity contribution in [3.63, 3.8) is 0 Å². The van der Waals surface area contributed by atoms with Gasteiger partial charge < -0.3 is 5.73 Å². The van der Waals surface area contributed by atoms with Gasteiger partial charge in [-0.2, -0.15) is 0 Å². The van der Waals surface area contributed by atoms with E-state index in [4.69, 9.17) is 5.73 Å². The molecular formula is C16H25N. The topological polar surface area (TPSA) is 26.0 Å². The van der Waals surface area contributed by atoms with Crippen LogP contribution in [0, 0.1) is 5.41 Å². The van der Waals surface area contributed by atoms with Gasteiger partial charge in [0, 0.05) is 5.54 Å². The second-order valence-corrected chi connectivity index (χ2v) is 6.51. The molecule has 1 fully saturated rings. The second kappa shape index (κ2) is 4.81. The molecule has 0 heterocycles. The number of aryl methyl sites for hydroxylation is 1. The van der Waals surface area contributed by atoms with Crippen molar-refractivity contribution in [3.05, 3.63) is 35.9 Å². The van der Waals surface area contributed by atoms with E-state index in [1.165, 1.54) is 31.2 Å². The highest BCUT2D eigenvalue weighted by molar-refractivity contribution is 5.15. The molecule has 1 nitrogen and oxygen atoms in total. The van der Waals surface area contributed by atoms with E-state index >= 15 is 0 Å². The molecule has 0 unspecified atom stereocenters. The van der Waals surface area contributed by atoms with E-state index in [1.807, 2.05) is 0 Å². The zero-order valence-corrected chi connectivity index (χ0v) is 11.2. The molecule has 0 saturated heterocycles. The lowest BCUT2D eigenvalue weighted by molar-refractivity contribution is 0.158. The first kappa shape index (κ1) is 12.6. The van der Waals surface area contributed by atoms with Gasteiger partial charge in [-0.3, -0.25) is 0 Å². The highest BCUT2D eigenvalue weighted by Crippen LogP contribution is 2.40. The minimum atomic E-state index is 0.0887. The third kappa shape index (κ3) is 3.57. The molecule has 1 heteroatoms. The third-order valence-electron chi connectivity index (χ3n) is 4.35. The average molecular weight is 231 g/mol. The van der Waals surface area contributed by atoms with Crippen LogP contribution in [-0.4, -0.2) is 5.54 Å². The maximum Gasteiger partial charge on any atom is 0.0157 e. The summed E-state index contributed by atoms with van der Waals surface area (Å²) in [6, 6.07) is 10.7. The molecule has 1 aliphatic rings. The van der Waals surface area contributed by atoms with Crippen molar-refractivity contribution in [2.75, 3.05) is 0 Å². The van der Waals surface area contributed by atoms with E-state index in [2.05, 4.69) is 44.2 Å². The van der Waals surface area contributed by atoms with Crippen LogP contribution in [-0.2, 0) is 6.42 Å². The monoisotopic (exact) mass is 231 g/mol. The maximum atomic E-state index is 6.53. The zero-order chi connectivity index (χ0) is 12.4. The van der Waals surface area contributed by atoms with Crippen molar-refractivity contribution in [2.24, 2.45) is 11.1 Å². The first-order valence-electron chi connectivity index (χ1n) is 6.82. The molecule has 0 aromatic heterocycles. The minimum absolute atomic E-state index is 0.0887. The van der Waals surface area contributed by atoms with Crippen molar-refractivity contribution in [3.8, 4) is 0 Å². The smallest absolute Gasteiger partial charge is 0.0157 e. The number of benzene rings is 1. The largest absolute Gasteiger partial charge is 0.325 e. The van der Waals surface area contributed by atoms with Crippen LogP contribution in [0.3, 0.4) is 0 Å². The van der Waals surface area contributed by atoms with Gasteiger partial charge in [0.1, 0.15) is 0 Å². The lowest BCUT2D eigenvalue weighted by Gasteiger charge is -2.41. The van der Waals surface area contributed by atoms with Gasteiger partial charge in [0.25, 0.3) is 0 Å². The Morgan fingerprint density at radius 2 is 1.59 bits per heavy atom. The first-order valence-corrected chi connectivity index (χ1v) is 6.82. The molecule has 1 saturated carbocycles. The van der Waals surface area contributed by atoms with Crippen molar-refractivity contribution < 1.29 is 0 Å². The van der Waals surface area contributed by atoms with Crippen molar-refractivity contribution >= 4 is 0 Å². The van der Waals surface area contributed by atoms with Gasteiger partial charge in [-0.1, -0.05) is 44.2 Å². The van der Waals surface area contributed by atoms with E-state index in [1.54, 1.807) is 0 Å². The minimum Gasteiger partial charge on any atom is -0.325 e. The van der Waals surface area contributed by atoms with Crippen LogP contribution in [0.25, 0.3) is 0 Å². The number of rotatable bonds is 3. The standard InChI is InChI=1S/C16H25N/c1-15(2)10-12-16(17,13-11-15)9-8-14-6-4-3-5-7-14/h3-7H,8-13,17H2,1-2H3. The summed E-state index contributed by atoms with van der Waals surface area (Å²) in [5.41, 5.74) is 8.54. The van der Waals surface area contributed by atoms with Crippen molar-refractivity contribution in [1.82, 2.24) is 0 Å². The molecule has 94 valence electrons. The van der Waals surface area contributed by atoms with E-state index in [0.717, 1.165) is 12.8 Å². The van der Waals surface area contributed by atoms with Crippen LogP contribution < -0.4 is 5.73 Å². The lowest BCUT2D eigenvalue weighted by atomic mass is 9.68. The molecular weight excluding hydrogens is 206 g/mol. The van der Waals surface area contributed by atoms with Crippen LogP contribution in [0.2, 0.25) is 0 Å². The Morgan fingerprint density at radius 3 is 2.18 bits per heavy atom. The van der Waals surface area contributed by atoms with Gasteiger partial charge in [0.05, 0.1) is 0 Å². The molecule has 0 atom stereocenters. The van der Waals surface area contributed by atoms with Gasteiger partial charge in [-0.25, -0.2) is 0 Å². The highest BCUT2D eigenvalue weighted by atomic mass is 14.7. The summed E-state index contributed by atoms with van der Waals surface area (Å²) in [7, 11) is 0. The van der Waals surface area contributed by atoms with E-state index in [0.29, 0.717) is 5.41 Å². The molecule has 0 amide bonds. The van der Waals surface area contributed by atoms with Crippen LogP contribution in [0.5, 0.6) is 0 Å². The molecule has 1 aromatic carbocycles.